The molecule has 4 aromatic rings. The molecule has 0 fully saturated rings. The van der Waals surface area contributed by atoms with Crippen LogP contribution in [0.2, 0.25) is 24.2 Å². The van der Waals surface area contributed by atoms with Crippen LogP contribution in [0.5, 0.6) is 0 Å². The molecular weight excluding hydrogens is 456 g/mol. The van der Waals surface area contributed by atoms with Crippen molar-refractivity contribution < 1.29 is 4.74 Å². The minimum Gasteiger partial charge on any atom is -0.360 e. The summed E-state index contributed by atoms with van der Waals surface area (Å²) in [5.41, 5.74) is 6.42. The second-order valence-electron chi connectivity index (χ2n) is 9.55. The SMILES string of the molecule is C=C(c1ccccc1)c1ccc2c(C=Cc3ccccc3)nn(COCC[Si](CC)(CC)CC)c2c1. The maximum atomic E-state index is 6.24. The van der Waals surface area contributed by atoms with E-state index in [1.165, 1.54) is 24.2 Å². The fourth-order valence-electron chi connectivity index (χ4n) is 4.87. The van der Waals surface area contributed by atoms with Gasteiger partial charge in [0.25, 0.3) is 0 Å². The standard InChI is InChI=1S/C32H38N2OSi/c1-5-36(6-2,7-3)23-22-35-25-34-32-24-29(26(4)28-16-12-9-13-17-28)19-20-30(32)31(33-34)21-18-27-14-10-8-11-15-27/h8-21,24H,4-7,22-23,25H2,1-3H3. The average molecular weight is 495 g/mol. The summed E-state index contributed by atoms with van der Waals surface area (Å²) in [5.74, 6) is 0. The zero-order valence-corrected chi connectivity index (χ0v) is 22.9. The van der Waals surface area contributed by atoms with Crippen LogP contribution >= 0.6 is 0 Å². The summed E-state index contributed by atoms with van der Waals surface area (Å²) < 4.78 is 8.25. The quantitative estimate of drug-likeness (QED) is 0.145. The molecule has 0 saturated carbocycles. The van der Waals surface area contributed by atoms with E-state index in [0.717, 1.165) is 45.5 Å². The van der Waals surface area contributed by atoms with Gasteiger partial charge in [-0.3, -0.25) is 0 Å². The van der Waals surface area contributed by atoms with Crippen molar-refractivity contribution in [1.82, 2.24) is 9.78 Å². The van der Waals surface area contributed by atoms with Crippen LogP contribution in [0.3, 0.4) is 0 Å². The summed E-state index contributed by atoms with van der Waals surface area (Å²) in [6.07, 6.45) is 4.22. The number of rotatable bonds is 12. The van der Waals surface area contributed by atoms with Crippen molar-refractivity contribution in [2.45, 2.75) is 51.7 Å². The number of ether oxygens (including phenoxy) is 1. The van der Waals surface area contributed by atoms with E-state index in [0.29, 0.717) is 6.73 Å². The van der Waals surface area contributed by atoms with Gasteiger partial charge in [0.15, 0.2) is 0 Å². The summed E-state index contributed by atoms with van der Waals surface area (Å²) in [7, 11) is -1.19. The van der Waals surface area contributed by atoms with Crippen LogP contribution in [0, 0.1) is 0 Å². The Hall–Kier alpha value is -3.21. The van der Waals surface area contributed by atoms with Gasteiger partial charge in [-0.05, 0) is 46.5 Å². The molecule has 36 heavy (non-hydrogen) atoms. The van der Waals surface area contributed by atoms with Gasteiger partial charge in [0, 0.05) is 12.0 Å². The molecule has 0 radical (unpaired) electrons. The third-order valence-corrected chi connectivity index (χ3v) is 13.5. The Labute approximate surface area is 217 Å². The van der Waals surface area contributed by atoms with Gasteiger partial charge < -0.3 is 4.74 Å². The van der Waals surface area contributed by atoms with E-state index in [9.17, 15) is 0 Å². The molecule has 4 heteroatoms. The topological polar surface area (TPSA) is 27.1 Å². The maximum absolute atomic E-state index is 6.24. The Morgan fingerprint density at radius 1 is 0.861 bits per heavy atom. The van der Waals surface area contributed by atoms with Crippen LogP contribution in [0.1, 0.15) is 43.2 Å². The van der Waals surface area contributed by atoms with Gasteiger partial charge in [0.2, 0.25) is 0 Å². The molecule has 3 nitrogen and oxygen atoms in total. The number of benzene rings is 3. The van der Waals surface area contributed by atoms with Gasteiger partial charge in [-0.1, -0.05) is 118 Å². The first kappa shape index (κ1) is 25.9. The smallest absolute Gasteiger partial charge is 0.140 e. The lowest BCUT2D eigenvalue weighted by molar-refractivity contribution is 0.0814. The van der Waals surface area contributed by atoms with Crippen LogP contribution in [0.4, 0.5) is 0 Å². The molecule has 3 aromatic carbocycles. The van der Waals surface area contributed by atoms with Crippen molar-refractivity contribution in [2.24, 2.45) is 0 Å². The molecule has 0 bridgehead atoms. The normalized spacial score (nSPS) is 12.0. The molecule has 0 atom stereocenters. The van der Waals surface area contributed by atoms with Gasteiger partial charge in [0.1, 0.15) is 6.73 Å². The van der Waals surface area contributed by atoms with Crippen molar-refractivity contribution >= 4 is 36.7 Å². The number of fused-ring (bicyclic) bond motifs is 1. The molecule has 0 saturated heterocycles. The van der Waals surface area contributed by atoms with Gasteiger partial charge in [-0.15, -0.1) is 0 Å². The minimum absolute atomic E-state index is 0.457. The second-order valence-corrected chi connectivity index (χ2v) is 15.2. The molecule has 0 spiro atoms. The fourth-order valence-corrected chi connectivity index (χ4v) is 8.01. The van der Waals surface area contributed by atoms with E-state index in [1.54, 1.807) is 0 Å². The predicted molar refractivity (Wildman–Crippen MR) is 158 cm³/mol. The highest BCUT2D eigenvalue weighted by Gasteiger charge is 2.26. The number of hydrogen-bond donors (Lipinski definition) is 0. The first-order chi connectivity index (χ1) is 17.6. The van der Waals surface area contributed by atoms with E-state index in [4.69, 9.17) is 9.84 Å². The van der Waals surface area contributed by atoms with Crippen LogP contribution in [-0.2, 0) is 11.5 Å². The molecule has 0 N–H and O–H groups in total. The third-order valence-electron chi connectivity index (χ3n) is 7.72. The van der Waals surface area contributed by atoms with E-state index in [-0.39, 0.29) is 0 Å². The monoisotopic (exact) mass is 494 g/mol. The number of nitrogens with zero attached hydrogens (tertiary/aromatic N) is 2. The molecule has 0 unspecified atom stereocenters. The Kier molecular flexibility index (Phi) is 8.73. The number of hydrogen-bond acceptors (Lipinski definition) is 2. The van der Waals surface area contributed by atoms with E-state index >= 15 is 0 Å². The van der Waals surface area contributed by atoms with Crippen LogP contribution in [0.25, 0.3) is 28.6 Å². The first-order valence-corrected chi connectivity index (χ1v) is 16.0. The molecule has 0 amide bonds. The molecule has 0 aliphatic heterocycles. The van der Waals surface area contributed by atoms with E-state index < -0.39 is 8.07 Å². The zero-order chi connectivity index (χ0) is 25.4. The molecular formula is C32H38N2OSi. The highest BCUT2D eigenvalue weighted by molar-refractivity contribution is 6.79. The fraction of sp³-hybridized carbons (Fsp3) is 0.281. The Morgan fingerprint density at radius 3 is 2.19 bits per heavy atom. The maximum Gasteiger partial charge on any atom is 0.140 e. The lowest BCUT2D eigenvalue weighted by atomic mass is 9.98. The first-order valence-electron chi connectivity index (χ1n) is 13.1. The minimum atomic E-state index is -1.19. The highest BCUT2D eigenvalue weighted by atomic mass is 28.3. The van der Waals surface area contributed by atoms with Crippen molar-refractivity contribution in [3.63, 3.8) is 0 Å². The summed E-state index contributed by atoms with van der Waals surface area (Å²) >= 11 is 0. The summed E-state index contributed by atoms with van der Waals surface area (Å²) in [5, 5.41) is 6.08. The third kappa shape index (κ3) is 5.94. The lowest BCUT2D eigenvalue weighted by Gasteiger charge is -2.27. The van der Waals surface area contributed by atoms with Crippen LogP contribution in [-0.4, -0.2) is 24.5 Å². The van der Waals surface area contributed by atoms with Crippen LogP contribution < -0.4 is 0 Å². The van der Waals surface area contributed by atoms with Gasteiger partial charge in [-0.25, -0.2) is 4.68 Å². The zero-order valence-electron chi connectivity index (χ0n) is 21.9. The molecule has 0 aliphatic rings. The lowest BCUT2D eigenvalue weighted by Crippen LogP contribution is -2.32. The summed E-state index contributed by atoms with van der Waals surface area (Å²) in [6.45, 7) is 12.7. The highest BCUT2D eigenvalue weighted by Crippen LogP contribution is 2.28. The average Bonchev–Trinajstić information content (AvgIpc) is 3.29. The molecule has 1 heterocycles. The molecule has 4 rings (SSSR count). The largest absolute Gasteiger partial charge is 0.360 e. The second kappa shape index (κ2) is 12.2. The Bertz CT molecular complexity index is 1300. The molecule has 1 aromatic heterocycles. The van der Waals surface area contributed by atoms with Crippen molar-refractivity contribution in [1.29, 1.82) is 0 Å². The summed E-state index contributed by atoms with van der Waals surface area (Å²) in [6, 6.07) is 32.4. The summed E-state index contributed by atoms with van der Waals surface area (Å²) in [4.78, 5) is 0. The van der Waals surface area contributed by atoms with Crippen molar-refractivity contribution in [3.05, 3.63) is 108 Å². The van der Waals surface area contributed by atoms with Gasteiger partial charge >= 0.3 is 0 Å². The molecule has 0 aliphatic carbocycles. The Balaban J connectivity index is 1.62. The van der Waals surface area contributed by atoms with Gasteiger partial charge in [-0.2, -0.15) is 5.10 Å². The van der Waals surface area contributed by atoms with Crippen molar-refractivity contribution in [3.8, 4) is 0 Å². The Morgan fingerprint density at radius 2 is 1.53 bits per heavy atom. The molecule has 186 valence electrons. The van der Waals surface area contributed by atoms with Crippen LogP contribution in [0.15, 0.2) is 85.4 Å². The number of aromatic nitrogens is 2. The predicted octanol–water partition coefficient (Wildman–Crippen LogP) is 8.75. The van der Waals surface area contributed by atoms with E-state index in [1.807, 2.05) is 16.8 Å². The van der Waals surface area contributed by atoms with Crippen molar-refractivity contribution in [2.75, 3.05) is 6.61 Å². The van der Waals surface area contributed by atoms with Gasteiger partial charge in [0.05, 0.1) is 19.3 Å². The van der Waals surface area contributed by atoms with E-state index in [2.05, 4.69) is 106 Å².